The predicted octanol–water partition coefficient (Wildman–Crippen LogP) is -0.176. The second kappa shape index (κ2) is 5.76. The van der Waals surface area contributed by atoms with Crippen LogP contribution in [0.25, 0.3) is 0 Å². The fourth-order valence-electron chi connectivity index (χ4n) is 1.04. The van der Waals surface area contributed by atoms with Gasteiger partial charge in [-0.05, 0) is 12.1 Å². The van der Waals surface area contributed by atoms with Crippen LogP contribution in [-0.4, -0.2) is 33.8 Å². The van der Waals surface area contributed by atoms with E-state index in [4.69, 9.17) is 14.2 Å². The molecule has 8 heteroatoms. The average molecular weight is 234 g/mol. The molecule has 88 valence electrons. The zero-order chi connectivity index (χ0) is 11.9. The Morgan fingerprint density at radius 1 is 1.12 bits per heavy atom. The Morgan fingerprint density at radius 3 is 2.12 bits per heavy atom. The van der Waals surface area contributed by atoms with Gasteiger partial charge in [0.25, 0.3) is 0 Å². The maximum Gasteiger partial charge on any atom is 0.831 e. The Kier molecular flexibility index (Phi) is 3.82. The molecule has 7 nitrogen and oxygen atoms in total. The molecule has 0 fully saturated rings. The van der Waals surface area contributed by atoms with E-state index < -0.39 is 7.32 Å². The number of nitrogens with zero attached hydrogens (tertiary/aromatic N) is 4. The van der Waals surface area contributed by atoms with Gasteiger partial charge in [0, 0.05) is 0 Å². The van der Waals surface area contributed by atoms with E-state index in [0.717, 1.165) is 0 Å². The summed E-state index contributed by atoms with van der Waals surface area (Å²) in [6, 6.07) is 3.44. The monoisotopic (exact) mass is 234 g/mol. The van der Waals surface area contributed by atoms with Crippen molar-refractivity contribution in [2.24, 2.45) is 0 Å². The minimum Gasteiger partial charge on any atom is -0.393 e. The van der Waals surface area contributed by atoms with Crippen LogP contribution in [0, 0.1) is 0 Å². The van der Waals surface area contributed by atoms with Gasteiger partial charge in [-0.2, -0.15) is 0 Å². The first-order valence-corrected chi connectivity index (χ1v) is 4.94. The fourth-order valence-corrected chi connectivity index (χ4v) is 1.04. The summed E-state index contributed by atoms with van der Waals surface area (Å²) in [7, 11) is -0.965. The van der Waals surface area contributed by atoms with Crippen LogP contribution in [0.1, 0.15) is 0 Å². The second-order valence-corrected chi connectivity index (χ2v) is 2.94. The Bertz CT molecular complexity index is 395. The maximum atomic E-state index is 5.28. The summed E-state index contributed by atoms with van der Waals surface area (Å²) >= 11 is 0. The lowest BCUT2D eigenvalue weighted by Crippen LogP contribution is -2.43. The zero-order valence-electron chi connectivity index (χ0n) is 9.05. The number of hydrogen-bond acceptors (Lipinski definition) is 5. The Morgan fingerprint density at radius 2 is 1.71 bits per heavy atom. The van der Waals surface area contributed by atoms with Crippen molar-refractivity contribution in [2.75, 3.05) is 6.61 Å². The minimum atomic E-state index is -0.965. The molecule has 0 aliphatic rings. The molecule has 0 unspecified atom stereocenters. The van der Waals surface area contributed by atoms with Crippen molar-refractivity contribution < 1.29 is 14.2 Å². The van der Waals surface area contributed by atoms with Crippen LogP contribution in [0.5, 0.6) is 0 Å². The summed E-state index contributed by atoms with van der Waals surface area (Å²) in [6.45, 7) is 3.83. The minimum absolute atomic E-state index is 0.285. The zero-order valence-corrected chi connectivity index (χ0v) is 9.05. The van der Waals surface area contributed by atoms with Gasteiger partial charge in [0.1, 0.15) is 0 Å². The van der Waals surface area contributed by atoms with Crippen LogP contribution < -0.4 is 9.51 Å². The summed E-state index contributed by atoms with van der Waals surface area (Å²) in [6.07, 6.45) is 8.00. The van der Waals surface area contributed by atoms with Crippen molar-refractivity contribution in [3.8, 4) is 0 Å². The molecule has 0 atom stereocenters. The second-order valence-electron chi connectivity index (χ2n) is 2.94. The van der Waals surface area contributed by atoms with E-state index in [0.29, 0.717) is 0 Å². The summed E-state index contributed by atoms with van der Waals surface area (Å²) in [5, 5.41) is 7.74. The standard InChI is InChI=1S/C9H11BN4O3/c1-2-9-15-10(16-13-7-3-5-11-13)17-14-8-4-6-12-14/h2-8H,1,9H2. The highest BCUT2D eigenvalue weighted by atomic mass is 16.9. The van der Waals surface area contributed by atoms with Gasteiger partial charge in [-0.25, -0.2) is 0 Å². The topological polar surface area (TPSA) is 63.3 Å². The molecule has 0 N–H and O–H groups in total. The third-order valence-corrected chi connectivity index (χ3v) is 1.70. The van der Waals surface area contributed by atoms with E-state index in [-0.39, 0.29) is 6.61 Å². The third kappa shape index (κ3) is 3.38. The van der Waals surface area contributed by atoms with Crippen LogP contribution in [0.3, 0.4) is 0 Å². The van der Waals surface area contributed by atoms with Gasteiger partial charge >= 0.3 is 7.32 Å². The van der Waals surface area contributed by atoms with Crippen molar-refractivity contribution >= 4 is 7.32 Å². The van der Waals surface area contributed by atoms with Crippen molar-refractivity contribution in [3.05, 3.63) is 49.6 Å². The predicted molar refractivity (Wildman–Crippen MR) is 59.5 cm³/mol. The fraction of sp³-hybridized carbons (Fsp3) is 0.111. The van der Waals surface area contributed by atoms with Gasteiger partial charge in [0.2, 0.25) is 0 Å². The molecule has 0 radical (unpaired) electrons. The highest BCUT2D eigenvalue weighted by Crippen LogP contribution is 1.89. The highest BCUT2D eigenvalue weighted by Gasteiger charge is 2.28. The Labute approximate surface area is 98.3 Å². The highest BCUT2D eigenvalue weighted by molar-refractivity contribution is 6.36. The smallest absolute Gasteiger partial charge is 0.393 e. The SMILES string of the molecule is C=CCOB(On1cccn1)On1cccn1. The Hall–Kier alpha value is -2.22. The molecule has 0 aliphatic heterocycles. The van der Waals surface area contributed by atoms with Crippen LogP contribution in [0.2, 0.25) is 0 Å². The average Bonchev–Trinajstić information content (AvgIpc) is 2.99. The van der Waals surface area contributed by atoms with Crippen LogP contribution >= 0.6 is 0 Å². The molecular formula is C9H11BN4O3. The van der Waals surface area contributed by atoms with E-state index in [9.17, 15) is 0 Å². The van der Waals surface area contributed by atoms with E-state index in [1.54, 1.807) is 43.0 Å². The lowest BCUT2D eigenvalue weighted by molar-refractivity contribution is 0.0608. The van der Waals surface area contributed by atoms with Gasteiger partial charge in [-0.3, -0.25) is 0 Å². The van der Waals surface area contributed by atoms with Gasteiger partial charge in [0.15, 0.2) is 0 Å². The van der Waals surface area contributed by atoms with Gasteiger partial charge in [-0.1, -0.05) is 6.08 Å². The van der Waals surface area contributed by atoms with Crippen molar-refractivity contribution in [1.29, 1.82) is 0 Å². The number of rotatable bonds is 7. The summed E-state index contributed by atoms with van der Waals surface area (Å²) in [5.41, 5.74) is 0. The molecule has 0 aliphatic carbocycles. The van der Waals surface area contributed by atoms with E-state index in [1.807, 2.05) is 0 Å². The van der Waals surface area contributed by atoms with Crippen molar-refractivity contribution in [2.45, 2.75) is 0 Å². The molecule has 0 amide bonds. The largest absolute Gasteiger partial charge is 0.831 e. The molecule has 0 aromatic carbocycles. The van der Waals surface area contributed by atoms with E-state index in [2.05, 4.69) is 16.8 Å². The van der Waals surface area contributed by atoms with Crippen molar-refractivity contribution in [1.82, 2.24) is 19.9 Å². The molecule has 2 aromatic heterocycles. The molecule has 0 bridgehead atoms. The molecule has 2 rings (SSSR count). The molecule has 2 heterocycles. The molecule has 17 heavy (non-hydrogen) atoms. The molecule has 0 saturated heterocycles. The van der Waals surface area contributed by atoms with Gasteiger partial charge in [-0.15, -0.1) is 26.5 Å². The van der Waals surface area contributed by atoms with Crippen LogP contribution in [-0.2, 0) is 4.65 Å². The van der Waals surface area contributed by atoms with E-state index >= 15 is 0 Å². The lowest BCUT2D eigenvalue weighted by Gasteiger charge is -2.12. The number of aromatic nitrogens is 4. The molecular weight excluding hydrogens is 223 g/mol. The summed E-state index contributed by atoms with van der Waals surface area (Å²) in [5.74, 6) is 0. The lowest BCUT2D eigenvalue weighted by atomic mass is 10.2. The van der Waals surface area contributed by atoms with Crippen molar-refractivity contribution in [3.63, 3.8) is 0 Å². The summed E-state index contributed by atoms with van der Waals surface area (Å²) < 4.78 is 15.8. The third-order valence-electron chi connectivity index (χ3n) is 1.70. The first-order chi connectivity index (χ1) is 8.38. The number of hydrogen-bond donors (Lipinski definition) is 0. The molecule has 2 aromatic rings. The van der Waals surface area contributed by atoms with Gasteiger partial charge < -0.3 is 14.2 Å². The first-order valence-electron chi connectivity index (χ1n) is 4.94. The molecule has 0 spiro atoms. The van der Waals surface area contributed by atoms with Gasteiger partial charge in [0.05, 0.1) is 31.4 Å². The van der Waals surface area contributed by atoms with E-state index in [1.165, 1.54) is 9.69 Å². The van der Waals surface area contributed by atoms with Crippen LogP contribution in [0.15, 0.2) is 49.6 Å². The molecule has 0 saturated carbocycles. The quantitative estimate of drug-likeness (QED) is 0.491. The Balaban J connectivity index is 1.95. The maximum absolute atomic E-state index is 5.28. The van der Waals surface area contributed by atoms with Crippen LogP contribution in [0.4, 0.5) is 0 Å². The normalized spacial score (nSPS) is 9.88. The first kappa shape index (κ1) is 11.3. The summed E-state index contributed by atoms with van der Waals surface area (Å²) in [4.78, 5) is 2.47.